The van der Waals surface area contributed by atoms with Gasteiger partial charge in [0.15, 0.2) is 11.5 Å². The number of imide groups is 1. The van der Waals surface area contributed by atoms with Crippen LogP contribution in [-0.2, 0) is 16.0 Å². The van der Waals surface area contributed by atoms with Crippen molar-refractivity contribution in [2.75, 3.05) is 32.2 Å². The molecule has 9 nitrogen and oxygen atoms in total. The number of ether oxygens (including phenoxy) is 3. The van der Waals surface area contributed by atoms with Crippen molar-refractivity contribution < 1.29 is 28.6 Å². The van der Waals surface area contributed by atoms with Crippen LogP contribution in [0.1, 0.15) is 25.3 Å². The van der Waals surface area contributed by atoms with Gasteiger partial charge in [-0.05, 0) is 49.6 Å². The van der Waals surface area contributed by atoms with Crippen LogP contribution in [0.25, 0.3) is 0 Å². The molecule has 1 atom stereocenters. The van der Waals surface area contributed by atoms with E-state index in [1.807, 2.05) is 24.3 Å². The quantitative estimate of drug-likeness (QED) is 0.625. The van der Waals surface area contributed by atoms with Crippen molar-refractivity contribution in [3.63, 3.8) is 0 Å². The third-order valence-electron chi connectivity index (χ3n) is 5.75. The van der Waals surface area contributed by atoms with Crippen LogP contribution in [-0.4, -0.2) is 55.2 Å². The molecule has 2 heterocycles. The molecule has 0 aliphatic carbocycles. The number of urea groups is 1. The molecule has 0 aromatic heterocycles. The van der Waals surface area contributed by atoms with Gasteiger partial charge in [0, 0.05) is 18.2 Å². The number of carbonyl (C=O) groups excluding carboxylic acids is 3. The molecule has 2 aromatic carbocycles. The van der Waals surface area contributed by atoms with Gasteiger partial charge in [0.1, 0.15) is 17.8 Å². The molecule has 1 saturated heterocycles. The summed E-state index contributed by atoms with van der Waals surface area (Å²) < 4.78 is 16.4. The van der Waals surface area contributed by atoms with Crippen molar-refractivity contribution >= 4 is 23.5 Å². The Morgan fingerprint density at radius 3 is 2.58 bits per heavy atom. The smallest absolute Gasteiger partial charge is 0.325 e. The molecule has 2 aliphatic heterocycles. The van der Waals surface area contributed by atoms with Crippen LogP contribution in [0.4, 0.5) is 10.5 Å². The average Bonchev–Trinajstić information content (AvgIpc) is 2.96. The number of hydrogen-bond acceptors (Lipinski definition) is 6. The van der Waals surface area contributed by atoms with E-state index in [1.165, 1.54) is 0 Å². The lowest BCUT2D eigenvalue weighted by molar-refractivity contribution is -0.133. The highest BCUT2D eigenvalue weighted by Gasteiger charge is 2.47. The van der Waals surface area contributed by atoms with Crippen molar-refractivity contribution in [2.24, 2.45) is 0 Å². The third-order valence-corrected chi connectivity index (χ3v) is 5.75. The number of anilines is 1. The summed E-state index contributed by atoms with van der Waals surface area (Å²) >= 11 is 0. The molecule has 2 N–H and O–H groups in total. The lowest BCUT2D eigenvalue weighted by Gasteiger charge is -2.21. The Morgan fingerprint density at radius 1 is 1.12 bits per heavy atom. The summed E-state index contributed by atoms with van der Waals surface area (Å²) in [7, 11) is 1.60. The van der Waals surface area contributed by atoms with E-state index in [-0.39, 0.29) is 6.54 Å². The van der Waals surface area contributed by atoms with Gasteiger partial charge in [0.25, 0.3) is 5.91 Å². The second-order valence-electron chi connectivity index (χ2n) is 8.26. The summed E-state index contributed by atoms with van der Waals surface area (Å²) in [6.07, 6.45) is 1.77. The predicted molar refractivity (Wildman–Crippen MR) is 121 cm³/mol. The Balaban J connectivity index is 1.36. The summed E-state index contributed by atoms with van der Waals surface area (Å²) in [5.74, 6) is 1.02. The van der Waals surface area contributed by atoms with Gasteiger partial charge in [-0.1, -0.05) is 12.1 Å². The van der Waals surface area contributed by atoms with E-state index >= 15 is 0 Å². The van der Waals surface area contributed by atoms with Gasteiger partial charge in [0.2, 0.25) is 5.91 Å². The lowest BCUT2D eigenvalue weighted by atomic mass is 9.93. The summed E-state index contributed by atoms with van der Waals surface area (Å²) in [4.78, 5) is 39.0. The Hall–Kier alpha value is -3.75. The predicted octanol–water partition coefficient (Wildman–Crippen LogP) is 2.74. The Kier molecular flexibility index (Phi) is 6.39. The zero-order valence-corrected chi connectivity index (χ0v) is 18.7. The fourth-order valence-corrected chi connectivity index (χ4v) is 3.83. The number of nitrogens with zero attached hydrogens (tertiary/aromatic N) is 1. The van der Waals surface area contributed by atoms with E-state index in [9.17, 15) is 14.4 Å². The molecule has 33 heavy (non-hydrogen) atoms. The van der Waals surface area contributed by atoms with Gasteiger partial charge in [0.05, 0.1) is 20.3 Å². The molecule has 0 bridgehead atoms. The third kappa shape index (κ3) is 5.02. The normalized spacial score (nSPS) is 19.6. The summed E-state index contributed by atoms with van der Waals surface area (Å²) in [5, 5.41) is 5.45. The van der Waals surface area contributed by atoms with Crippen molar-refractivity contribution in [1.29, 1.82) is 0 Å². The highest BCUT2D eigenvalue weighted by Crippen LogP contribution is 2.32. The molecule has 4 rings (SSSR count). The average molecular weight is 453 g/mol. The van der Waals surface area contributed by atoms with Crippen LogP contribution >= 0.6 is 0 Å². The number of aryl methyl sites for hydroxylation is 1. The van der Waals surface area contributed by atoms with E-state index in [0.29, 0.717) is 43.2 Å². The second-order valence-corrected chi connectivity index (χ2v) is 8.26. The van der Waals surface area contributed by atoms with Crippen LogP contribution in [0, 0.1) is 0 Å². The molecule has 0 unspecified atom stereocenters. The number of nitrogens with one attached hydrogen (secondary N) is 2. The summed E-state index contributed by atoms with van der Waals surface area (Å²) in [5.41, 5.74) is 0.440. The Bertz CT molecular complexity index is 1050. The zero-order chi connectivity index (χ0) is 23.4. The molecule has 1 fully saturated rings. The number of benzene rings is 2. The summed E-state index contributed by atoms with van der Waals surface area (Å²) in [6.45, 7) is 2.40. The number of carbonyl (C=O) groups is 3. The van der Waals surface area contributed by atoms with E-state index in [2.05, 4.69) is 10.6 Å². The molecule has 9 heteroatoms. The van der Waals surface area contributed by atoms with Crippen LogP contribution in [0.3, 0.4) is 0 Å². The SMILES string of the molecule is COc1ccc(CC[C@]2(C)NC(=O)N(CC(=O)Nc3ccc4c(c3)OCCCO4)C2=O)cc1. The van der Waals surface area contributed by atoms with Crippen LogP contribution < -0.4 is 24.8 Å². The minimum Gasteiger partial charge on any atom is -0.497 e. The first-order valence-electron chi connectivity index (χ1n) is 10.8. The highest BCUT2D eigenvalue weighted by atomic mass is 16.5. The highest BCUT2D eigenvalue weighted by molar-refractivity contribution is 6.09. The van der Waals surface area contributed by atoms with Crippen molar-refractivity contribution in [1.82, 2.24) is 10.2 Å². The fraction of sp³-hybridized carbons (Fsp3) is 0.375. The first-order chi connectivity index (χ1) is 15.9. The van der Waals surface area contributed by atoms with E-state index in [1.54, 1.807) is 32.2 Å². The van der Waals surface area contributed by atoms with Crippen molar-refractivity contribution in [2.45, 2.75) is 31.7 Å². The van der Waals surface area contributed by atoms with Crippen LogP contribution in [0.15, 0.2) is 42.5 Å². The molecular formula is C24H27N3O6. The first-order valence-corrected chi connectivity index (χ1v) is 10.8. The van der Waals surface area contributed by atoms with Gasteiger partial charge in [-0.25, -0.2) is 4.79 Å². The number of methoxy groups -OCH3 is 1. The van der Waals surface area contributed by atoms with Gasteiger partial charge >= 0.3 is 6.03 Å². The van der Waals surface area contributed by atoms with Crippen LogP contribution in [0.5, 0.6) is 17.2 Å². The maximum atomic E-state index is 13.0. The standard InChI is InChI=1S/C24H27N3O6/c1-24(11-10-16-4-7-18(31-2)8-5-16)22(29)27(23(30)26-24)15-21(28)25-17-6-9-19-20(14-17)33-13-3-12-32-19/h4-9,14H,3,10-13,15H2,1-2H3,(H,25,28)(H,26,30)/t24-/m0/s1. The minimum absolute atomic E-state index is 0.378. The fourth-order valence-electron chi connectivity index (χ4n) is 3.83. The molecule has 0 spiro atoms. The number of rotatable bonds is 7. The summed E-state index contributed by atoms with van der Waals surface area (Å²) in [6, 6.07) is 12.0. The minimum atomic E-state index is -1.08. The van der Waals surface area contributed by atoms with E-state index in [0.717, 1.165) is 22.6 Å². The number of amides is 4. The van der Waals surface area contributed by atoms with Crippen LogP contribution in [0.2, 0.25) is 0 Å². The topological polar surface area (TPSA) is 106 Å². The zero-order valence-electron chi connectivity index (χ0n) is 18.7. The molecule has 174 valence electrons. The number of hydrogen-bond donors (Lipinski definition) is 2. The van der Waals surface area contributed by atoms with Gasteiger partial charge in [-0.3, -0.25) is 14.5 Å². The Morgan fingerprint density at radius 2 is 1.85 bits per heavy atom. The van der Waals surface area contributed by atoms with Crippen molar-refractivity contribution in [3.8, 4) is 17.2 Å². The monoisotopic (exact) mass is 453 g/mol. The van der Waals surface area contributed by atoms with Gasteiger partial charge in [-0.2, -0.15) is 0 Å². The van der Waals surface area contributed by atoms with E-state index in [4.69, 9.17) is 14.2 Å². The molecule has 0 radical (unpaired) electrons. The maximum Gasteiger partial charge on any atom is 0.325 e. The maximum absolute atomic E-state index is 13.0. The molecule has 2 aliphatic rings. The molecular weight excluding hydrogens is 426 g/mol. The second kappa shape index (κ2) is 9.40. The first kappa shape index (κ1) is 22.4. The van der Waals surface area contributed by atoms with E-state index < -0.39 is 23.4 Å². The molecule has 4 amide bonds. The van der Waals surface area contributed by atoms with Gasteiger partial charge < -0.3 is 24.8 Å². The largest absolute Gasteiger partial charge is 0.497 e. The Labute approximate surface area is 192 Å². The molecule has 0 saturated carbocycles. The van der Waals surface area contributed by atoms with Crippen molar-refractivity contribution in [3.05, 3.63) is 48.0 Å². The molecule has 2 aromatic rings. The van der Waals surface area contributed by atoms with Gasteiger partial charge in [-0.15, -0.1) is 0 Å². The lowest BCUT2D eigenvalue weighted by Crippen LogP contribution is -2.45. The number of fused-ring (bicyclic) bond motifs is 1.